The Morgan fingerprint density at radius 2 is 1.89 bits per heavy atom. The number of rotatable bonds is 4. The van der Waals surface area contributed by atoms with Gasteiger partial charge in [-0.3, -0.25) is 4.79 Å². The molecule has 0 unspecified atom stereocenters. The topological polar surface area (TPSA) is 70.2 Å². The summed E-state index contributed by atoms with van der Waals surface area (Å²) in [7, 11) is 0. The first-order valence-corrected chi connectivity index (χ1v) is 5.36. The third-order valence-corrected chi connectivity index (χ3v) is 2.47. The number of carboxylic acids is 1. The molecule has 0 aliphatic heterocycles. The van der Waals surface area contributed by atoms with Gasteiger partial charge in [0.05, 0.1) is 11.3 Å². The van der Waals surface area contributed by atoms with Crippen molar-refractivity contribution in [2.45, 2.75) is 0 Å². The molecule has 0 fully saturated rings. The molecule has 0 saturated heterocycles. The quantitative estimate of drug-likeness (QED) is 0.638. The van der Waals surface area contributed by atoms with Gasteiger partial charge in [-0.1, -0.05) is 24.3 Å². The van der Waals surface area contributed by atoms with E-state index >= 15 is 0 Å². The number of H-pyrrole nitrogens is 1. The predicted octanol–water partition coefficient (Wildman–Crippen LogP) is 2.61. The molecule has 4 nitrogen and oxygen atoms in total. The van der Waals surface area contributed by atoms with Gasteiger partial charge in [0.15, 0.2) is 0 Å². The third kappa shape index (κ3) is 2.55. The van der Waals surface area contributed by atoms with Crippen LogP contribution in [-0.2, 0) is 0 Å². The lowest BCUT2D eigenvalue weighted by molar-refractivity contribution is 0.0696. The summed E-state index contributed by atoms with van der Waals surface area (Å²) in [5.41, 5.74) is 1.15. The van der Waals surface area contributed by atoms with Gasteiger partial charge in [0.1, 0.15) is 0 Å². The second-order valence-corrected chi connectivity index (χ2v) is 3.67. The fourth-order valence-electron chi connectivity index (χ4n) is 1.58. The molecule has 4 heteroatoms. The molecule has 0 spiro atoms. The average molecular weight is 241 g/mol. The summed E-state index contributed by atoms with van der Waals surface area (Å²) in [6.45, 7) is 0. The van der Waals surface area contributed by atoms with Gasteiger partial charge >= 0.3 is 5.97 Å². The summed E-state index contributed by atoms with van der Waals surface area (Å²) in [4.78, 5) is 25.5. The van der Waals surface area contributed by atoms with Gasteiger partial charge in [-0.05, 0) is 29.8 Å². The maximum absolute atomic E-state index is 11.7. The monoisotopic (exact) mass is 241 g/mol. The van der Waals surface area contributed by atoms with Crippen LogP contribution in [0.15, 0.2) is 48.7 Å². The van der Waals surface area contributed by atoms with Crippen LogP contribution in [0.1, 0.15) is 26.4 Å². The maximum atomic E-state index is 11.7. The normalized spacial score (nSPS) is 10.7. The number of aromatic nitrogens is 1. The highest BCUT2D eigenvalue weighted by atomic mass is 16.4. The van der Waals surface area contributed by atoms with E-state index in [1.165, 1.54) is 18.2 Å². The number of carbonyl (C=O) groups is 2. The molecule has 0 bridgehead atoms. The van der Waals surface area contributed by atoms with Crippen molar-refractivity contribution in [3.8, 4) is 0 Å². The van der Waals surface area contributed by atoms with Crippen molar-refractivity contribution in [2.24, 2.45) is 0 Å². The van der Waals surface area contributed by atoms with E-state index < -0.39 is 5.97 Å². The number of carbonyl (C=O) groups excluding carboxylic acids is 1. The Bertz CT molecular complexity index is 597. The lowest BCUT2D eigenvalue weighted by Crippen LogP contribution is -1.99. The summed E-state index contributed by atoms with van der Waals surface area (Å²) in [5, 5.41) is 8.99. The van der Waals surface area contributed by atoms with Crippen LogP contribution in [0.25, 0.3) is 6.08 Å². The zero-order chi connectivity index (χ0) is 13.0. The number of allylic oxidation sites excluding steroid dienone is 1. The van der Waals surface area contributed by atoms with Crippen molar-refractivity contribution in [1.29, 1.82) is 0 Å². The summed E-state index contributed by atoms with van der Waals surface area (Å²) in [6.07, 6.45) is 4.52. The zero-order valence-corrected chi connectivity index (χ0v) is 9.46. The number of hydrogen-bond donors (Lipinski definition) is 2. The van der Waals surface area contributed by atoms with Crippen LogP contribution in [0.3, 0.4) is 0 Å². The first-order valence-electron chi connectivity index (χ1n) is 5.36. The molecule has 0 radical (unpaired) electrons. The van der Waals surface area contributed by atoms with Crippen LogP contribution in [0.2, 0.25) is 0 Å². The van der Waals surface area contributed by atoms with Gasteiger partial charge in [-0.2, -0.15) is 0 Å². The van der Waals surface area contributed by atoms with E-state index in [-0.39, 0.29) is 11.3 Å². The van der Waals surface area contributed by atoms with Gasteiger partial charge in [0, 0.05) is 6.20 Å². The summed E-state index contributed by atoms with van der Waals surface area (Å²) in [5.74, 6) is -1.21. The SMILES string of the molecule is O=C(/C=C/c1ccccc1C(=O)O)c1ccc[nH]1. The zero-order valence-electron chi connectivity index (χ0n) is 9.46. The number of aromatic amines is 1. The van der Waals surface area contributed by atoms with Crippen LogP contribution in [0.5, 0.6) is 0 Å². The second kappa shape index (κ2) is 5.14. The Morgan fingerprint density at radius 1 is 1.11 bits per heavy atom. The smallest absolute Gasteiger partial charge is 0.336 e. The number of carboxylic acid groups (broad SMARTS) is 1. The average Bonchev–Trinajstić information content (AvgIpc) is 2.90. The van der Waals surface area contributed by atoms with E-state index in [4.69, 9.17) is 5.11 Å². The lowest BCUT2D eigenvalue weighted by Gasteiger charge is -1.99. The maximum Gasteiger partial charge on any atom is 0.336 e. The third-order valence-electron chi connectivity index (χ3n) is 2.47. The Hall–Kier alpha value is -2.62. The van der Waals surface area contributed by atoms with Crippen LogP contribution >= 0.6 is 0 Å². The van der Waals surface area contributed by atoms with E-state index in [1.54, 1.807) is 36.5 Å². The molecule has 18 heavy (non-hydrogen) atoms. The van der Waals surface area contributed by atoms with Gasteiger partial charge in [0.25, 0.3) is 0 Å². The molecule has 0 atom stereocenters. The van der Waals surface area contributed by atoms with Crippen molar-refractivity contribution in [3.63, 3.8) is 0 Å². The fraction of sp³-hybridized carbons (Fsp3) is 0. The van der Waals surface area contributed by atoms with E-state index in [0.29, 0.717) is 11.3 Å². The molecular formula is C14H11NO3. The van der Waals surface area contributed by atoms with Gasteiger partial charge < -0.3 is 10.1 Å². The molecule has 0 aliphatic rings. The molecular weight excluding hydrogens is 230 g/mol. The Morgan fingerprint density at radius 3 is 2.56 bits per heavy atom. The Balaban J connectivity index is 2.24. The molecule has 2 N–H and O–H groups in total. The molecule has 2 aromatic rings. The summed E-state index contributed by atoms with van der Waals surface area (Å²) < 4.78 is 0. The summed E-state index contributed by atoms with van der Waals surface area (Å²) in [6, 6.07) is 9.92. The van der Waals surface area contributed by atoms with Crippen LogP contribution < -0.4 is 0 Å². The summed E-state index contributed by atoms with van der Waals surface area (Å²) >= 11 is 0. The van der Waals surface area contributed by atoms with Crippen molar-refractivity contribution in [2.75, 3.05) is 0 Å². The fourth-order valence-corrected chi connectivity index (χ4v) is 1.58. The highest BCUT2D eigenvalue weighted by Gasteiger charge is 2.07. The molecule has 1 heterocycles. The minimum atomic E-state index is -1.01. The number of hydrogen-bond acceptors (Lipinski definition) is 2. The molecule has 0 aliphatic carbocycles. The standard InChI is InChI=1S/C14H11NO3/c16-13(12-6-3-9-15-12)8-7-10-4-1-2-5-11(10)14(17)18/h1-9,15H,(H,17,18)/b8-7+. The van der Waals surface area contributed by atoms with Gasteiger partial charge in [0.2, 0.25) is 5.78 Å². The van der Waals surface area contributed by atoms with Crippen molar-refractivity contribution in [3.05, 3.63) is 65.5 Å². The first kappa shape index (κ1) is 11.9. The minimum Gasteiger partial charge on any atom is -0.478 e. The number of nitrogens with one attached hydrogen (secondary N) is 1. The van der Waals surface area contributed by atoms with Crippen LogP contribution in [0, 0.1) is 0 Å². The predicted molar refractivity (Wildman–Crippen MR) is 67.6 cm³/mol. The molecule has 1 aromatic heterocycles. The van der Waals surface area contributed by atoms with E-state index in [2.05, 4.69) is 4.98 Å². The molecule has 1 aromatic carbocycles. The first-order chi connectivity index (χ1) is 8.68. The largest absolute Gasteiger partial charge is 0.478 e. The molecule has 2 rings (SSSR count). The Labute approximate surface area is 104 Å². The minimum absolute atomic E-state index is 0.174. The van der Waals surface area contributed by atoms with Crippen molar-refractivity contribution < 1.29 is 14.7 Å². The van der Waals surface area contributed by atoms with E-state index in [9.17, 15) is 9.59 Å². The number of aromatic carboxylic acids is 1. The van der Waals surface area contributed by atoms with Gasteiger partial charge in [-0.15, -0.1) is 0 Å². The van der Waals surface area contributed by atoms with Crippen LogP contribution in [-0.4, -0.2) is 21.8 Å². The molecule has 0 amide bonds. The lowest BCUT2D eigenvalue weighted by atomic mass is 10.1. The van der Waals surface area contributed by atoms with Gasteiger partial charge in [-0.25, -0.2) is 4.79 Å². The second-order valence-electron chi connectivity index (χ2n) is 3.67. The highest BCUT2D eigenvalue weighted by molar-refractivity contribution is 6.06. The van der Waals surface area contributed by atoms with Crippen LogP contribution in [0.4, 0.5) is 0 Å². The highest BCUT2D eigenvalue weighted by Crippen LogP contribution is 2.11. The van der Waals surface area contributed by atoms with Crippen molar-refractivity contribution >= 4 is 17.8 Å². The Kier molecular flexibility index (Phi) is 3.38. The van der Waals surface area contributed by atoms with E-state index in [0.717, 1.165) is 0 Å². The number of benzene rings is 1. The van der Waals surface area contributed by atoms with Crippen molar-refractivity contribution in [1.82, 2.24) is 4.98 Å². The molecule has 90 valence electrons. The number of ketones is 1. The van der Waals surface area contributed by atoms with E-state index in [1.807, 2.05) is 0 Å². The molecule has 0 saturated carbocycles.